The number of unbranched alkanes of at least 4 members (excludes halogenated alkanes) is 1. The maximum atomic E-state index is 11.4. The zero-order valence-electron chi connectivity index (χ0n) is 28.4. The molecule has 0 aliphatic carbocycles. The molecule has 0 aliphatic rings. The Labute approximate surface area is 292 Å². The van der Waals surface area contributed by atoms with Gasteiger partial charge < -0.3 is 14.4 Å². The van der Waals surface area contributed by atoms with Crippen LogP contribution in [0.5, 0.6) is 0 Å². The summed E-state index contributed by atoms with van der Waals surface area (Å²) in [7, 11) is 0. The molecule has 11 nitrogen and oxygen atoms in total. The van der Waals surface area contributed by atoms with E-state index in [1.807, 2.05) is 90.7 Å². The van der Waals surface area contributed by atoms with Crippen LogP contribution in [0.1, 0.15) is 30.9 Å². The second-order valence-corrected chi connectivity index (χ2v) is 11.1. The second-order valence-electron chi connectivity index (χ2n) is 11.1. The van der Waals surface area contributed by atoms with Gasteiger partial charge in [0.05, 0.1) is 47.2 Å². The van der Waals surface area contributed by atoms with Gasteiger partial charge in [-0.05, 0) is 110 Å². The van der Waals surface area contributed by atoms with E-state index < -0.39 is 11.9 Å². The van der Waals surface area contributed by atoms with Crippen LogP contribution in [0.2, 0.25) is 0 Å². The summed E-state index contributed by atoms with van der Waals surface area (Å²) in [6.07, 6.45) is 5.66. The molecule has 0 radical (unpaired) electrons. The van der Waals surface area contributed by atoms with Crippen molar-refractivity contribution in [1.29, 1.82) is 0 Å². The minimum Gasteiger partial charge on any atom is -0.461 e. The molecule has 0 saturated carbocycles. The predicted molar refractivity (Wildman–Crippen MR) is 196 cm³/mol. The molecule has 0 aliphatic heterocycles. The van der Waals surface area contributed by atoms with Crippen LogP contribution < -0.4 is 4.90 Å². The number of ether oxygens (including phenoxy) is 2. The molecule has 0 spiro atoms. The molecule has 0 heterocycles. The number of anilines is 1. The molecular weight excluding hydrogens is 630 g/mol. The molecule has 0 N–H and O–H groups in total. The molecular formula is C39H41N7O4. The Kier molecular flexibility index (Phi) is 14.4. The molecule has 0 saturated heterocycles. The molecule has 11 heteroatoms. The Morgan fingerprint density at radius 1 is 0.640 bits per heavy atom. The van der Waals surface area contributed by atoms with Gasteiger partial charge in [0.1, 0.15) is 13.2 Å². The number of carbonyl (C=O) groups excluding carboxylic acids is 2. The number of benzene rings is 4. The van der Waals surface area contributed by atoms with Crippen LogP contribution in [0.3, 0.4) is 0 Å². The maximum Gasteiger partial charge on any atom is 0.330 e. The van der Waals surface area contributed by atoms with Gasteiger partial charge in [-0.2, -0.15) is 30.7 Å². The third-order valence-corrected chi connectivity index (χ3v) is 7.38. The third kappa shape index (κ3) is 12.2. The van der Waals surface area contributed by atoms with Crippen molar-refractivity contribution in [3.8, 4) is 0 Å². The van der Waals surface area contributed by atoms with E-state index in [2.05, 4.69) is 62.9 Å². The molecule has 4 aromatic carbocycles. The SMILES string of the molecule is C=CC(=O)OCCN(CCOC(=O)C=C)c1ccc(N=Nc2ccc(N=Nc3ccc(N=Nc4ccc(CCCC)cc4)cc3)c(C)c2)cc1. The van der Waals surface area contributed by atoms with E-state index in [1.54, 1.807) is 0 Å². The smallest absolute Gasteiger partial charge is 0.330 e. The molecule has 0 fully saturated rings. The number of hydrogen-bond donors (Lipinski definition) is 0. The summed E-state index contributed by atoms with van der Waals surface area (Å²) in [4.78, 5) is 24.8. The highest BCUT2D eigenvalue weighted by Gasteiger charge is 2.09. The van der Waals surface area contributed by atoms with E-state index >= 15 is 0 Å². The van der Waals surface area contributed by atoms with Crippen molar-refractivity contribution in [2.24, 2.45) is 30.7 Å². The number of hydrogen-bond acceptors (Lipinski definition) is 11. The Morgan fingerprint density at radius 3 is 1.56 bits per heavy atom. The lowest BCUT2D eigenvalue weighted by atomic mass is 10.1. The number of azo groups is 3. The summed E-state index contributed by atoms with van der Waals surface area (Å²) in [5, 5.41) is 26.2. The standard InChI is InChI=1S/C39H41N7O4/c1-5-8-9-30-10-12-31(13-11-30)40-41-32-14-16-33(17-15-32)43-45-37-23-20-35(28-29(37)4)44-42-34-18-21-36(22-19-34)46(24-26-49-38(47)6-2)25-27-50-39(48)7-3/h6-7,10-23,28H,2-3,5,8-9,24-27H2,1,4H3. The highest BCUT2D eigenvalue weighted by Crippen LogP contribution is 2.29. The Hall–Kier alpha value is -6.10. The van der Waals surface area contributed by atoms with Gasteiger partial charge in [0.15, 0.2) is 0 Å². The van der Waals surface area contributed by atoms with Crippen LogP contribution in [-0.2, 0) is 25.5 Å². The lowest BCUT2D eigenvalue weighted by molar-refractivity contribution is -0.137. The minimum atomic E-state index is -0.505. The van der Waals surface area contributed by atoms with Gasteiger partial charge in [0, 0.05) is 17.8 Å². The van der Waals surface area contributed by atoms with Crippen LogP contribution in [-0.4, -0.2) is 38.2 Å². The van der Waals surface area contributed by atoms with E-state index in [1.165, 1.54) is 18.4 Å². The van der Waals surface area contributed by atoms with E-state index in [9.17, 15) is 9.59 Å². The van der Waals surface area contributed by atoms with E-state index in [-0.39, 0.29) is 13.2 Å². The first-order valence-corrected chi connectivity index (χ1v) is 16.3. The summed E-state index contributed by atoms with van der Waals surface area (Å²) in [6, 6.07) is 28.6. The van der Waals surface area contributed by atoms with Gasteiger partial charge in [-0.25, -0.2) is 9.59 Å². The number of esters is 2. The van der Waals surface area contributed by atoms with Crippen LogP contribution >= 0.6 is 0 Å². The van der Waals surface area contributed by atoms with E-state index in [0.29, 0.717) is 30.2 Å². The van der Waals surface area contributed by atoms with Crippen molar-refractivity contribution in [3.63, 3.8) is 0 Å². The van der Waals surface area contributed by atoms with Crippen molar-refractivity contribution in [2.75, 3.05) is 31.2 Å². The van der Waals surface area contributed by atoms with Crippen molar-refractivity contribution in [1.82, 2.24) is 0 Å². The van der Waals surface area contributed by atoms with Gasteiger partial charge in [0.25, 0.3) is 0 Å². The molecule has 0 bridgehead atoms. The number of rotatable bonds is 18. The molecule has 0 aromatic heterocycles. The summed E-state index contributed by atoms with van der Waals surface area (Å²) in [5.74, 6) is -1.01. The second kappa shape index (κ2) is 19.7. The summed E-state index contributed by atoms with van der Waals surface area (Å²) in [5.41, 5.74) is 7.33. The average Bonchev–Trinajstić information content (AvgIpc) is 3.15. The number of aryl methyl sites for hydroxylation is 2. The Bertz CT molecular complexity index is 1790. The first-order valence-electron chi connectivity index (χ1n) is 16.3. The van der Waals surface area contributed by atoms with Gasteiger partial charge >= 0.3 is 11.9 Å². The van der Waals surface area contributed by atoms with E-state index in [4.69, 9.17) is 9.47 Å². The van der Waals surface area contributed by atoms with Crippen molar-refractivity contribution in [3.05, 3.63) is 127 Å². The van der Waals surface area contributed by atoms with Crippen molar-refractivity contribution < 1.29 is 19.1 Å². The summed E-state index contributed by atoms with van der Waals surface area (Å²) < 4.78 is 10.2. The zero-order valence-corrected chi connectivity index (χ0v) is 28.4. The summed E-state index contributed by atoms with van der Waals surface area (Å²) in [6.45, 7) is 12.0. The average molecular weight is 672 g/mol. The first kappa shape index (κ1) is 36.7. The highest BCUT2D eigenvalue weighted by molar-refractivity contribution is 5.81. The third-order valence-electron chi connectivity index (χ3n) is 7.38. The van der Waals surface area contributed by atoms with E-state index in [0.717, 1.165) is 46.9 Å². The molecule has 0 atom stereocenters. The fourth-order valence-electron chi connectivity index (χ4n) is 4.58. The minimum absolute atomic E-state index is 0.144. The Morgan fingerprint density at radius 2 is 1.08 bits per heavy atom. The normalized spacial score (nSPS) is 11.2. The molecule has 4 aromatic rings. The van der Waals surface area contributed by atoms with Gasteiger partial charge in [0.2, 0.25) is 0 Å². The molecule has 0 amide bonds. The highest BCUT2D eigenvalue weighted by atomic mass is 16.5. The quantitative estimate of drug-likeness (QED) is 0.0590. The zero-order chi connectivity index (χ0) is 35.6. The molecule has 50 heavy (non-hydrogen) atoms. The summed E-state index contributed by atoms with van der Waals surface area (Å²) >= 11 is 0. The van der Waals surface area contributed by atoms with Crippen LogP contribution in [0.25, 0.3) is 0 Å². The Balaban J connectivity index is 1.32. The van der Waals surface area contributed by atoms with Crippen molar-refractivity contribution in [2.45, 2.75) is 33.1 Å². The lowest BCUT2D eigenvalue weighted by Crippen LogP contribution is -2.31. The monoisotopic (exact) mass is 671 g/mol. The lowest BCUT2D eigenvalue weighted by Gasteiger charge is -2.24. The molecule has 256 valence electrons. The number of nitrogens with zero attached hydrogens (tertiary/aromatic N) is 7. The molecule has 4 rings (SSSR count). The number of carbonyl (C=O) groups is 2. The fraction of sp³-hybridized carbons (Fsp3) is 0.231. The predicted octanol–water partition coefficient (Wildman–Crippen LogP) is 10.8. The van der Waals surface area contributed by atoms with Crippen LogP contribution in [0, 0.1) is 6.92 Å². The van der Waals surface area contributed by atoms with Crippen molar-refractivity contribution >= 4 is 51.8 Å². The topological polar surface area (TPSA) is 130 Å². The first-order chi connectivity index (χ1) is 24.4. The largest absolute Gasteiger partial charge is 0.461 e. The molecule has 0 unspecified atom stereocenters. The van der Waals surface area contributed by atoms with Gasteiger partial charge in [-0.15, -0.1) is 0 Å². The van der Waals surface area contributed by atoms with Crippen LogP contribution in [0.4, 0.5) is 39.8 Å². The van der Waals surface area contributed by atoms with Gasteiger partial charge in [-0.1, -0.05) is 38.6 Å². The van der Waals surface area contributed by atoms with Crippen LogP contribution in [0.15, 0.2) is 147 Å². The van der Waals surface area contributed by atoms with Gasteiger partial charge in [-0.3, -0.25) is 0 Å². The fourth-order valence-corrected chi connectivity index (χ4v) is 4.58. The maximum absolute atomic E-state index is 11.4.